The van der Waals surface area contributed by atoms with Crippen LogP contribution in [0.3, 0.4) is 0 Å². The average Bonchev–Trinajstić information content (AvgIpc) is 2.76. The maximum atomic E-state index is 11.9. The Labute approximate surface area is 103 Å². The number of hydrogen-bond donors (Lipinski definition) is 0. The molecule has 2 rings (SSSR count). The van der Waals surface area contributed by atoms with Gasteiger partial charge in [-0.1, -0.05) is 4.49 Å². The molecule has 0 fully saturated rings. The van der Waals surface area contributed by atoms with E-state index in [1.165, 1.54) is 0 Å². The molecular weight excluding hydrogens is 296 g/mol. The molecule has 6 heteroatoms. The maximum absolute atomic E-state index is 11.9. The van der Waals surface area contributed by atoms with E-state index in [-0.39, 0.29) is 5.78 Å². The predicted molar refractivity (Wildman–Crippen MR) is 64.7 cm³/mol. The van der Waals surface area contributed by atoms with Crippen molar-refractivity contribution in [3.8, 4) is 0 Å². The Morgan fingerprint density at radius 3 is 2.93 bits per heavy atom. The van der Waals surface area contributed by atoms with Gasteiger partial charge in [0.15, 0.2) is 5.78 Å². The summed E-state index contributed by atoms with van der Waals surface area (Å²) in [7, 11) is 0. The number of aryl methyl sites for hydroxylation is 1. The van der Waals surface area contributed by atoms with Gasteiger partial charge in [-0.25, -0.2) is 0 Å². The molecule has 0 amide bonds. The maximum Gasteiger partial charge on any atom is 0.181 e. The average molecular weight is 303 g/mol. The van der Waals surface area contributed by atoms with Gasteiger partial charge in [0.2, 0.25) is 0 Å². The fourth-order valence-corrected chi connectivity index (χ4v) is 3.25. The highest BCUT2D eigenvalue weighted by Gasteiger charge is 2.15. The Morgan fingerprint density at radius 2 is 2.40 bits per heavy atom. The summed E-state index contributed by atoms with van der Waals surface area (Å²) in [4.78, 5) is 13.6. The molecule has 78 valence electrons. The van der Waals surface area contributed by atoms with Gasteiger partial charge < -0.3 is 0 Å². The van der Waals surface area contributed by atoms with Crippen molar-refractivity contribution >= 4 is 44.6 Å². The van der Waals surface area contributed by atoms with Crippen LogP contribution in [0.2, 0.25) is 0 Å². The van der Waals surface area contributed by atoms with E-state index in [9.17, 15) is 4.79 Å². The first-order chi connectivity index (χ1) is 7.18. The Morgan fingerprint density at radius 1 is 1.60 bits per heavy atom. The van der Waals surface area contributed by atoms with Gasteiger partial charge in [-0.3, -0.25) is 4.79 Å². The number of rotatable bonds is 3. The molecule has 2 aromatic heterocycles. The highest BCUT2D eigenvalue weighted by atomic mass is 79.9. The van der Waals surface area contributed by atoms with Crippen molar-refractivity contribution in [1.29, 1.82) is 0 Å². The zero-order valence-corrected chi connectivity index (χ0v) is 11.1. The number of thiophene rings is 1. The number of hydrogen-bond acceptors (Lipinski definition) is 5. The minimum Gasteiger partial charge on any atom is -0.293 e. The van der Waals surface area contributed by atoms with Crippen LogP contribution in [0.1, 0.15) is 20.2 Å². The molecule has 0 aliphatic heterocycles. The minimum atomic E-state index is 0.0886. The van der Waals surface area contributed by atoms with Crippen LogP contribution in [0, 0.1) is 6.92 Å². The fourth-order valence-electron chi connectivity index (χ4n) is 1.16. The monoisotopic (exact) mass is 302 g/mol. The molecule has 0 spiro atoms. The quantitative estimate of drug-likeness (QED) is 0.818. The van der Waals surface area contributed by atoms with Crippen LogP contribution in [0.25, 0.3) is 0 Å². The van der Waals surface area contributed by atoms with E-state index in [4.69, 9.17) is 0 Å². The van der Waals surface area contributed by atoms with Gasteiger partial charge in [0.1, 0.15) is 4.88 Å². The summed E-state index contributed by atoms with van der Waals surface area (Å²) in [5.41, 5.74) is 0.720. The Balaban J connectivity index is 2.18. The molecule has 0 bridgehead atoms. The first-order valence-corrected chi connectivity index (χ1v) is 6.67. The van der Waals surface area contributed by atoms with Crippen LogP contribution < -0.4 is 0 Å². The lowest BCUT2D eigenvalue weighted by Gasteiger charge is -1.96. The molecule has 0 aliphatic carbocycles. The number of carbonyl (C=O) groups is 1. The van der Waals surface area contributed by atoms with Crippen molar-refractivity contribution in [3.63, 3.8) is 0 Å². The third kappa shape index (κ3) is 2.32. The number of ketones is 1. The molecule has 0 saturated carbocycles. The first-order valence-electron chi connectivity index (χ1n) is 4.22. The van der Waals surface area contributed by atoms with Gasteiger partial charge >= 0.3 is 0 Å². The number of carbonyl (C=O) groups excluding carboxylic acids is 1. The van der Waals surface area contributed by atoms with Gasteiger partial charge in [-0.15, -0.1) is 16.4 Å². The smallest absolute Gasteiger partial charge is 0.181 e. The van der Waals surface area contributed by atoms with Crippen molar-refractivity contribution in [2.45, 2.75) is 13.3 Å². The zero-order valence-electron chi connectivity index (χ0n) is 7.86. The molecule has 0 N–H and O–H groups in total. The molecule has 0 radical (unpaired) electrons. The van der Waals surface area contributed by atoms with E-state index >= 15 is 0 Å². The summed E-state index contributed by atoms with van der Waals surface area (Å²) >= 11 is 6.15. The number of aromatic nitrogens is 2. The third-order valence-electron chi connectivity index (χ3n) is 1.92. The first kappa shape index (κ1) is 10.9. The summed E-state index contributed by atoms with van der Waals surface area (Å²) in [6.45, 7) is 1.81. The van der Waals surface area contributed by atoms with E-state index in [0.29, 0.717) is 11.3 Å². The highest BCUT2D eigenvalue weighted by Crippen LogP contribution is 2.25. The molecular formula is C9H7BrN2OS2. The van der Waals surface area contributed by atoms with E-state index in [0.717, 1.165) is 26.6 Å². The molecule has 0 saturated heterocycles. The van der Waals surface area contributed by atoms with Gasteiger partial charge in [0.25, 0.3) is 0 Å². The lowest BCUT2D eigenvalue weighted by atomic mass is 10.2. The van der Waals surface area contributed by atoms with Crippen molar-refractivity contribution in [3.05, 3.63) is 31.4 Å². The number of Topliss-reactive ketones (excluding diaryl/α,β-unsaturated/α-hetero) is 1. The van der Waals surface area contributed by atoms with E-state index in [1.807, 2.05) is 11.4 Å². The van der Waals surface area contributed by atoms with Gasteiger partial charge in [-0.2, -0.15) is 0 Å². The largest absolute Gasteiger partial charge is 0.293 e. The summed E-state index contributed by atoms with van der Waals surface area (Å²) in [5, 5.41) is 5.79. The molecule has 2 heterocycles. The van der Waals surface area contributed by atoms with Crippen molar-refractivity contribution in [2.75, 3.05) is 0 Å². The van der Waals surface area contributed by atoms with Crippen LogP contribution in [0.5, 0.6) is 0 Å². The van der Waals surface area contributed by atoms with Gasteiger partial charge in [-0.05, 0) is 45.8 Å². The summed E-state index contributed by atoms with van der Waals surface area (Å²) in [6, 6.07) is 1.95. The molecule has 0 aromatic carbocycles. The normalized spacial score (nSPS) is 10.5. The summed E-state index contributed by atoms with van der Waals surface area (Å²) < 4.78 is 4.75. The molecule has 3 nitrogen and oxygen atoms in total. The van der Waals surface area contributed by atoms with Crippen LogP contribution >= 0.6 is 38.8 Å². The Bertz CT molecular complexity index is 492. The topological polar surface area (TPSA) is 42.9 Å². The second-order valence-electron chi connectivity index (χ2n) is 2.98. The Kier molecular flexibility index (Phi) is 3.28. The number of halogens is 1. The van der Waals surface area contributed by atoms with Gasteiger partial charge in [0, 0.05) is 15.8 Å². The number of nitrogens with zero attached hydrogens (tertiary/aromatic N) is 2. The SMILES string of the molecule is Cc1nnsc1C(=O)Cc1sccc1Br. The van der Waals surface area contributed by atoms with Crippen LogP contribution in [-0.2, 0) is 6.42 Å². The van der Waals surface area contributed by atoms with Crippen molar-refractivity contribution in [1.82, 2.24) is 9.59 Å². The molecule has 15 heavy (non-hydrogen) atoms. The van der Waals surface area contributed by atoms with Crippen LogP contribution in [-0.4, -0.2) is 15.4 Å². The Hall–Kier alpha value is -0.590. The predicted octanol–water partition coefficient (Wildman–Crippen LogP) is 3.10. The second-order valence-corrected chi connectivity index (χ2v) is 5.59. The molecule has 0 aliphatic rings. The van der Waals surface area contributed by atoms with Gasteiger partial charge in [0.05, 0.1) is 5.69 Å². The molecule has 2 aromatic rings. The van der Waals surface area contributed by atoms with Crippen molar-refractivity contribution < 1.29 is 4.79 Å². The molecule has 0 unspecified atom stereocenters. The van der Waals surface area contributed by atoms with E-state index < -0.39 is 0 Å². The minimum absolute atomic E-state index is 0.0886. The van der Waals surface area contributed by atoms with Crippen molar-refractivity contribution in [2.24, 2.45) is 0 Å². The lowest BCUT2D eigenvalue weighted by molar-refractivity contribution is 0.0997. The van der Waals surface area contributed by atoms with E-state index in [1.54, 1.807) is 18.3 Å². The zero-order chi connectivity index (χ0) is 10.8. The van der Waals surface area contributed by atoms with Crippen LogP contribution in [0.4, 0.5) is 0 Å². The standard InChI is InChI=1S/C9H7BrN2OS2/c1-5-9(15-12-11-5)7(13)4-8-6(10)2-3-14-8/h2-3H,4H2,1H3. The fraction of sp³-hybridized carbons (Fsp3) is 0.222. The summed E-state index contributed by atoms with van der Waals surface area (Å²) in [5.74, 6) is 0.0886. The highest BCUT2D eigenvalue weighted by molar-refractivity contribution is 9.10. The van der Waals surface area contributed by atoms with E-state index in [2.05, 4.69) is 25.5 Å². The molecule has 0 atom stereocenters. The second kappa shape index (κ2) is 4.51. The summed E-state index contributed by atoms with van der Waals surface area (Å²) in [6.07, 6.45) is 0.420. The third-order valence-corrected chi connectivity index (χ3v) is 4.71. The van der Waals surface area contributed by atoms with Crippen LogP contribution in [0.15, 0.2) is 15.9 Å². The lowest BCUT2D eigenvalue weighted by Crippen LogP contribution is -2.02.